The van der Waals surface area contributed by atoms with Crippen molar-refractivity contribution in [3.8, 4) is 0 Å². The lowest BCUT2D eigenvalue weighted by Crippen LogP contribution is -2.46. The van der Waals surface area contributed by atoms with Gasteiger partial charge in [0.2, 0.25) is 11.7 Å². The van der Waals surface area contributed by atoms with E-state index in [4.69, 9.17) is 4.52 Å². The maximum absolute atomic E-state index is 13.2. The van der Waals surface area contributed by atoms with Crippen molar-refractivity contribution in [2.75, 3.05) is 20.1 Å². The summed E-state index contributed by atoms with van der Waals surface area (Å²) in [6.45, 7) is 4.95. The number of aliphatic hydroxyl groups is 1. The van der Waals surface area contributed by atoms with Crippen molar-refractivity contribution in [3.63, 3.8) is 0 Å². The number of aromatic nitrogens is 2. The normalized spacial score (nSPS) is 15.8. The molecule has 9 nitrogen and oxygen atoms in total. The van der Waals surface area contributed by atoms with Gasteiger partial charge in [-0.2, -0.15) is 13.2 Å². The Hall–Kier alpha value is -2.99. The van der Waals surface area contributed by atoms with Gasteiger partial charge in [-0.05, 0) is 43.7 Å². The molecule has 2 amide bonds. The van der Waals surface area contributed by atoms with Crippen molar-refractivity contribution < 1.29 is 32.4 Å². The van der Waals surface area contributed by atoms with Gasteiger partial charge in [0.15, 0.2) is 0 Å². The number of nitrogens with zero attached hydrogens (tertiary/aromatic N) is 4. The van der Waals surface area contributed by atoms with Gasteiger partial charge < -0.3 is 24.7 Å². The number of pyridine rings is 1. The molecule has 0 bridgehead atoms. The minimum atomic E-state index is -4.49. The average molecular weight is 568 g/mol. The monoisotopic (exact) mass is 567 g/mol. The van der Waals surface area contributed by atoms with Crippen LogP contribution in [0, 0.1) is 0 Å². The summed E-state index contributed by atoms with van der Waals surface area (Å²) >= 11 is 0. The SMILES string of the molecule is CCCC(N[C@@H](CCCN(C)C(=O)c1ccno1)CCC(=O)N1CCc2ncc(C(F)(F)F)cc2C1)C(O)CC. The summed E-state index contributed by atoms with van der Waals surface area (Å²) in [4.78, 5) is 32.7. The van der Waals surface area contributed by atoms with Gasteiger partial charge in [-0.15, -0.1) is 0 Å². The van der Waals surface area contributed by atoms with E-state index in [1.165, 1.54) is 12.3 Å². The molecule has 3 heterocycles. The predicted molar refractivity (Wildman–Crippen MR) is 142 cm³/mol. The molecule has 3 atom stereocenters. The van der Waals surface area contributed by atoms with Crippen LogP contribution in [-0.2, 0) is 23.9 Å². The third kappa shape index (κ3) is 8.76. The predicted octanol–water partition coefficient (Wildman–Crippen LogP) is 4.20. The van der Waals surface area contributed by atoms with E-state index in [-0.39, 0.29) is 42.6 Å². The van der Waals surface area contributed by atoms with Crippen LogP contribution < -0.4 is 5.32 Å². The highest BCUT2D eigenvalue weighted by molar-refractivity contribution is 5.91. The zero-order valence-electron chi connectivity index (χ0n) is 23.4. The van der Waals surface area contributed by atoms with Crippen molar-refractivity contribution in [2.45, 2.75) is 96.1 Å². The summed E-state index contributed by atoms with van der Waals surface area (Å²) < 4.78 is 44.4. The summed E-state index contributed by atoms with van der Waals surface area (Å²) in [6, 6.07) is 2.38. The van der Waals surface area contributed by atoms with E-state index in [0.29, 0.717) is 56.5 Å². The molecule has 0 fully saturated rings. The van der Waals surface area contributed by atoms with Crippen LogP contribution in [0.2, 0.25) is 0 Å². The van der Waals surface area contributed by atoms with Gasteiger partial charge >= 0.3 is 6.18 Å². The number of carbonyl (C=O) groups excluding carboxylic acids is 2. The summed E-state index contributed by atoms with van der Waals surface area (Å²) in [5, 5.41) is 17.7. The first kappa shape index (κ1) is 31.5. The van der Waals surface area contributed by atoms with Crippen LogP contribution >= 0.6 is 0 Å². The molecule has 40 heavy (non-hydrogen) atoms. The molecule has 0 saturated heterocycles. The van der Waals surface area contributed by atoms with Gasteiger partial charge in [0.1, 0.15) is 0 Å². The Balaban J connectivity index is 1.61. The van der Waals surface area contributed by atoms with Crippen molar-refractivity contribution in [1.29, 1.82) is 0 Å². The van der Waals surface area contributed by atoms with Crippen molar-refractivity contribution in [2.24, 2.45) is 0 Å². The Kier molecular flexibility index (Phi) is 11.5. The highest BCUT2D eigenvalue weighted by Crippen LogP contribution is 2.31. The molecular weight excluding hydrogens is 527 g/mol. The largest absolute Gasteiger partial charge is 0.417 e. The summed E-state index contributed by atoms with van der Waals surface area (Å²) in [5.74, 6) is -0.232. The lowest BCUT2D eigenvalue weighted by atomic mass is 9.98. The molecule has 0 radical (unpaired) electrons. The summed E-state index contributed by atoms with van der Waals surface area (Å²) in [6.07, 6.45) is 1.96. The van der Waals surface area contributed by atoms with Gasteiger partial charge in [0.05, 0.1) is 17.9 Å². The lowest BCUT2D eigenvalue weighted by Gasteiger charge is -2.31. The number of amides is 2. The fraction of sp³-hybridized carbons (Fsp3) is 0.643. The average Bonchev–Trinajstić information content (AvgIpc) is 3.48. The second-order valence-electron chi connectivity index (χ2n) is 10.4. The topological polar surface area (TPSA) is 112 Å². The number of hydrogen-bond acceptors (Lipinski definition) is 7. The van der Waals surface area contributed by atoms with Crippen molar-refractivity contribution >= 4 is 11.8 Å². The van der Waals surface area contributed by atoms with E-state index < -0.39 is 17.8 Å². The van der Waals surface area contributed by atoms with E-state index in [2.05, 4.69) is 15.5 Å². The highest BCUT2D eigenvalue weighted by atomic mass is 19.4. The molecule has 1 aliphatic heterocycles. The number of alkyl halides is 3. The third-order valence-corrected chi connectivity index (χ3v) is 7.40. The molecule has 2 aromatic heterocycles. The maximum atomic E-state index is 13.2. The van der Waals surface area contributed by atoms with E-state index >= 15 is 0 Å². The molecule has 0 spiro atoms. The van der Waals surface area contributed by atoms with Crippen LogP contribution in [0.1, 0.15) is 86.2 Å². The molecule has 2 unspecified atom stereocenters. The van der Waals surface area contributed by atoms with Crippen molar-refractivity contribution in [3.05, 3.63) is 47.1 Å². The second-order valence-corrected chi connectivity index (χ2v) is 10.4. The van der Waals surface area contributed by atoms with Gasteiger partial charge in [0, 0.05) is 69.6 Å². The molecule has 0 aromatic carbocycles. The van der Waals surface area contributed by atoms with Gasteiger partial charge in [-0.3, -0.25) is 14.6 Å². The molecule has 0 aliphatic carbocycles. The Morgan fingerprint density at radius 3 is 2.67 bits per heavy atom. The van der Waals surface area contributed by atoms with Crippen molar-refractivity contribution in [1.82, 2.24) is 25.3 Å². The van der Waals surface area contributed by atoms with Gasteiger partial charge in [-0.25, -0.2) is 0 Å². The molecule has 1 aliphatic rings. The third-order valence-electron chi connectivity index (χ3n) is 7.40. The van der Waals surface area contributed by atoms with Gasteiger partial charge in [0.25, 0.3) is 5.91 Å². The number of rotatable bonds is 14. The van der Waals surface area contributed by atoms with E-state index in [1.54, 1.807) is 16.8 Å². The van der Waals surface area contributed by atoms with E-state index in [9.17, 15) is 27.9 Å². The number of halogens is 3. The van der Waals surface area contributed by atoms with Crippen LogP contribution in [-0.4, -0.2) is 75.2 Å². The van der Waals surface area contributed by atoms with Crippen LogP contribution in [0.25, 0.3) is 0 Å². The van der Waals surface area contributed by atoms with Crippen LogP contribution in [0.15, 0.2) is 29.0 Å². The minimum Gasteiger partial charge on any atom is -0.392 e. The summed E-state index contributed by atoms with van der Waals surface area (Å²) in [7, 11) is 1.69. The Bertz CT molecular complexity index is 1100. The Morgan fingerprint density at radius 1 is 1.25 bits per heavy atom. The first-order chi connectivity index (χ1) is 19.0. The molecule has 3 rings (SSSR count). The molecule has 222 valence electrons. The molecular formula is C28H40F3N5O4. The van der Waals surface area contributed by atoms with Crippen LogP contribution in [0.5, 0.6) is 0 Å². The minimum absolute atomic E-state index is 0.0916. The number of nitrogens with one attached hydrogen (secondary N) is 1. The van der Waals surface area contributed by atoms with Crippen LogP contribution in [0.4, 0.5) is 13.2 Å². The summed E-state index contributed by atoms with van der Waals surface area (Å²) in [5.41, 5.74) is 0.210. The van der Waals surface area contributed by atoms with E-state index in [0.717, 1.165) is 25.1 Å². The molecule has 2 aromatic rings. The van der Waals surface area contributed by atoms with Crippen LogP contribution in [0.3, 0.4) is 0 Å². The standard InChI is InChI=1S/C28H40F3N5O4/c1-4-7-23(24(37)5-2)34-21(8-6-14-35(3)27(39)25-11-13-33-40-25)9-10-26(38)36-15-12-22-19(18-36)16-20(17-32-22)28(29,30)31/h11,13,16-17,21,23-24,34,37H,4-10,12,14-15,18H2,1-3H3/t21-,23?,24?/m0/s1. The second kappa shape index (κ2) is 14.6. The zero-order chi connectivity index (χ0) is 29.3. The first-order valence-electron chi connectivity index (χ1n) is 14.0. The lowest BCUT2D eigenvalue weighted by molar-refractivity contribution is -0.137. The Labute approximate surface area is 233 Å². The quantitative estimate of drug-likeness (QED) is 0.352. The number of fused-ring (bicyclic) bond motifs is 1. The number of hydrogen-bond donors (Lipinski definition) is 2. The zero-order valence-corrected chi connectivity index (χ0v) is 23.4. The highest BCUT2D eigenvalue weighted by Gasteiger charge is 2.33. The van der Waals surface area contributed by atoms with Gasteiger partial charge in [-0.1, -0.05) is 25.4 Å². The van der Waals surface area contributed by atoms with E-state index in [1.807, 2.05) is 13.8 Å². The Morgan fingerprint density at radius 2 is 2.02 bits per heavy atom. The molecule has 12 heteroatoms. The molecule has 2 N–H and O–H groups in total. The fourth-order valence-corrected chi connectivity index (χ4v) is 5.04. The first-order valence-corrected chi connectivity index (χ1v) is 14.0. The maximum Gasteiger partial charge on any atom is 0.417 e. The number of carbonyl (C=O) groups is 2. The number of aliphatic hydroxyl groups excluding tert-OH is 1. The fourth-order valence-electron chi connectivity index (χ4n) is 5.04. The molecule has 0 saturated carbocycles. The smallest absolute Gasteiger partial charge is 0.392 e.